The third-order valence-electron chi connectivity index (χ3n) is 3.40. The number of aliphatic carboxylic acids is 1. The maximum atomic E-state index is 12.0. The summed E-state index contributed by atoms with van der Waals surface area (Å²) in [6, 6.07) is 0.357. The first kappa shape index (κ1) is 15.8. The second kappa shape index (κ2) is 6.75. The lowest BCUT2D eigenvalue weighted by Gasteiger charge is -2.34. The Morgan fingerprint density at radius 2 is 1.95 bits per heavy atom. The molecule has 1 fully saturated rings. The van der Waals surface area contributed by atoms with Gasteiger partial charge in [0.1, 0.15) is 5.54 Å². The average molecular weight is 271 g/mol. The third-order valence-corrected chi connectivity index (χ3v) is 3.40. The van der Waals surface area contributed by atoms with Gasteiger partial charge in [0, 0.05) is 19.1 Å². The fourth-order valence-corrected chi connectivity index (χ4v) is 1.88. The third kappa shape index (κ3) is 4.70. The number of hydrogen-bond donors (Lipinski definition) is 3. The van der Waals surface area contributed by atoms with Crippen LogP contribution in [0, 0.1) is 0 Å². The first-order valence-corrected chi connectivity index (χ1v) is 6.91. The minimum absolute atomic E-state index is 0.318. The summed E-state index contributed by atoms with van der Waals surface area (Å²) in [6.07, 6.45) is 3.36. The maximum Gasteiger partial charge on any atom is 0.329 e. The average Bonchev–Trinajstić information content (AvgIpc) is 3.12. The van der Waals surface area contributed by atoms with Crippen LogP contribution >= 0.6 is 0 Å². The van der Waals surface area contributed by atoms with E-state index in [1.807, 2.05) is 0 Å². The highest BCUT2D eigenvalue weighted by Crippen LogP contribution is 2.18. The van der Waals surface area contributed by atoms with Crippen LogP contribution in [0.4, 0.5) is 4.79 Å². The zero-order valence-electron chi connectivity index (χ0n) is 12.0. The molecule has 0 aromatic rings. The molecule has 3 N–H and O–H groups in total. The quantitative estimate of drug-likeness (QED) is 0.576. The number of urea groups is 1. The molecule has 0 heterocycles. The molecule has 110 valence electrons. The first-order valence-electron chi connectivity index (χ1n) is 6.91. The fourth-order valence-electron chi connectivity index (χ4n) is 1.88. The summed E-state index contributed by atoms with van der Waals surface area (Å²) in [4.78, 5) is 24.5. The van der Waals surface area contributed by atoms with E-state index in [0.717, 1.165) is 13.0 Å². The Labute approximate surface area is 114 Å². The summed E-state index contributed by atoms with van der Waals surface area (Å²) in [6.45, 7) is 6.66. The van der Waals surface area contributed by atoms with Crippen LogP contribution in [-0.4, -0.2) is 53.2 Å². The molecule has 0 atom stereocenters. The summed E-state index contributed by atoms with van der Waals surface area (Å²) < 4.78 is 0. The van der Waals surface area contributed by atoms with Gasteiger partial charge in [-0.15, -0.1) is 0 Å². The molecule has 1 aliphatic rings. The molecule has 0 aromatic heterocycles. The molecule has 1 saturated carbocycles. The lowest BCUT2D eigenvalue weighted by molar-refractivity contribution is -0.147. The van der Waals surface area contributed by atoms with Gasteiger partial charge in [0.2, 0.25) is 0 Å². The standard InChI is InChI=1S/C13H25N3O3/c1-4-16(13(2,3)11(17)18)12(19)15-9-5-8-14-10-6-7-10/h10,14H,4-9H2,1-3H3,(H,15,19)(H,17,18). The van der Waals surface area contributed by atoms with Gasteiger partial charge in [-0.3, -0.25) is 0 Å². The maximum absolute atomic E-state index is 12.0. The Hall–Kier alpha value is -1.30. The number of carboxylic acids is 1. The molecule has 0 aliphatic heterocycles. The number of amides is 2. The molecule has 0 bridgehead atoms. The van der Waals surface area contributed by atoms with Crippen LogP contribution in [0.25, 0.3) is 0 Å². The van der Waals surface area contributed by atoms with Crippen LogP contribution in [0.5, 0.6) is 0 Å². The van der Waals surface area contributed by atoms with E-state index in [2.05, 4.69) is 10.6 Å². The molecule has 19 heavy (non-hydrogen) atoms. The Bertz CT molecular complexity index is 327. The zero-order chi connectivity index (χ0) is 14.5. The second-order valence-corrected chi connectivity index (χ2v) is 5.42. The number of carbonyl (C=O) groups is 2. The molecule has 6 nitrogen and oxygen atoms in total. The van der Waals surface area contributed by atoms with Gasteiger partial charge in [0.05, 0.1) is 0 Å². The van der Waals surface area contributed by atoms with E-state index in [1.165, 1.54) is 31.6 Å². The highest BCUT2D eigenvalue weighted by Gasteiger charge is 2.36. The molecular weight excluding hydrogens is 246 g/mol. The second-order valence-electron chi connectivity index (χ2n) is 5.42. The van der Waals surface area contributed by atoms with Gasteiger partial charge < -0.3 is 20.6 Å². The number of nitrogens with one attached hydrogen (secondary N) is 2. The van der Waals surface area contributed by atoms with Gasteiger partial charge in [-0.25, -0.2) is 9.59 Å². The van der Waals surface area contributed by atoms with Gasteiger partial charge in [-0.05, 0) is 46.6 Å². The van der Waals surface area contributed by atoms with Gasteiger partial charge in [-0.2, -0.15) is 0 Å². The van der Waals surface area contributed by atoms with Crippen molar-refractivity contribution in [3.8, 4) is 0 Å². The molecule has 0 radical (unpaired) electrons. The van der Waals surface area contributed by atoms with Gasteiger partial charge in [-0.1, -0.05) is 0 Å². The predicted octanol–water partition coefficient (Wildman–Crippen LogP) is 1.02. The first-order chi connectivity index (χ1) is 8.89. The lowest BCUT2D eigenvalue weighted by atomic mass is 10.0. The van der Waals surface area contributed by atoms with E-state index in [4.69, 9.17) is 5.11 Å². The Morgan fingerprint density at radius 3 is 2.42 bits per heavy atom. The number of rotatable bonds is 8. The van der Waals surface area contributed by atoms with Crippen molar-refractivity contribution in [2.45, 2.75) is 51.6 Å². The summed E-state index contributed by atoms with van der Waals surface area (Å²) in [5, 5.41) is 15.3. The van der Waals surface area contributed by atoms with Crippen LogP contribution in [0.1, 0.15) is 40.0 Å². The largest absolute Gasteiger partial charge is 0.480 e. The van der Waals surface area contributed by atoms with E-state index in [0.29, 0.717) is 19.1 Å². The van der Waals surface area contributed by atoms with E-state index in [1.54, 1.807) is 6.92 Å². The summed E-state index contributed by atoms with van der Waals surface area (Å²) in [5.74, 6) is -1.00. The smallest absolute Gasteiger partial charge is 0.329 e. The molecule has 0 aromatic carbocycles. The topological polar surface area (TPSA) is 81.7 Å². The number of hydrogen-bond acceptors (Lipinski definition) is 3. The van der Waals surface area contributed by atoms with Crippen LogP contribution in [0.3, 0.4) is 0 Å². The van der Waals surface area contributed by atoms with Crippen molar-refractivity contribution in [3.05, 3.63) is 0 Å². The zero-order valence-corrected chi connectivity index (χ0v) is 12.0. The predicted molar refractivity (Wildman–Crippen MR) is 73.1 cm³/mol. The van der Waals surface area contributed by atoms with Crippen LogP contribution in [0.2, 0.25) is 0 Å². The Balaban J connectivity index is 2.29. The van der Waals surface area contributed by atoms with Crippen molar-refractivity contribution in [2.75, 3.05) is 19.6 Å². The molecular formula is C13H25N3O3. The highest BCUT2D eigenvalue weighted by atomic mass is 16.4. The number of carboxylic acid groups (broad SMARTS) is 1. The van der Waals surface area contributed by atoms with Crippen molar-refractivity contribution in [1.82, 2.24) is 15.5 Å². The minimum Gasteiger partial charge on any atom is -0.480 e. The van der Waals surface area contributed by atoms with Crippen molar-refractivity contribution in [1.29, 1.82) is 0 Å². The van der Waals surface area contributed by atoms with Gasteiger partial charge in [0.15, 0.2) is 0 Å². The van der Waals surface area contributed by atoms with Crippen molar-refractivity contribution < 1.29 is 14.7 Å². The number of nitrogens with zero attached hydrogens (tertiary/aromatic N) is 1. The van der Waals surface area contributed by atoms with E-state index in [-0.39, 0.29) is 6.03 Å². The van der Waals surface area contributed by atoms with Crippen LogP contribution in [0.15, 0.2) is 0 Å². The Morgan fingerprint density at radius 1 is 1.32 bits per heavy atom. The fraction of sp³-hybridized carbons (Fsp3) is 0.846. The van der Waals surface area contributed by atoms with Crippen LogP contribution < -0.4 is 10.6 Å². The molecule has 6 heteroatoms. The molecule has 0 saturated heterocycles. The van der Waals surface area contributed by atoms with E-state index >= 15 is 0 Å². The SMILES string of the molecule is CCN(C(=O)NCCCNC1CC1)C(C)(C)C(=O)O. The normalized spacial score (nSPS) is 15.1. The summed E-state index contributed by atoms with van der Waals surface area (Å²) >= 11 is 0. The van der Waals surface area contributed by atoms with Crippen molar-refractivity contribution in [3.63, 3.8) is 0 Å². The molecule has 1 aliphatic carbocycles. The monoisotopic (exact) mass is 271 g/mol. The summed E-state index contributed by atoms with van der Waals surface area (Å²) in [5.41, 5.74) is -1.19. The number of carbonyl (C=O) groups excluding carboxylic acids is 1. The highest BCUT2D eigenvalue weighted by molar-refractivity contribution is 5.85. The minimum atomic E-state index is -1.19. The van der Waals surface area contributed by atoms with E-state index in [9.17, 15) is 9.59 Å². The summed E-state index contributed by atoms with van der Waals surface area (Å²) in [7, 11) is 0. The van der Waals surface area contributed by atoms with Crippen LogP contribution in [-0.2, 0) is 4.79 Å². The molecule has 0 unspecified atom stereocenters. The van der Waals surface area contributed by atoms with Gasteiger partial charge >= 0.3 is 12.0 Å². The van der Waals surface area contributed by atoms with E-state index < -0.39 is 11.5 Å². The number of likely N-dealkylation sites (N-methyl/N-ethyl adjacent to an activating group) is 1. The molecule has 0 spiro atoms. The Kier molecular flexibility index (Phi) is 5.60. The van der Waals surface area contributed by atoms with Gasteiger partial charge in [0.25, 0.3) is 0 Å². The van der Waals surface area contributed by atoms with Crippen molar-refractivity contribution in [2.24, 2.45) is 0 Å². The molecule has 2 amide bonds. The van der Waals surface area contributed by atoms with Crippen molar-refractivity contribution >= 4 is 12.0 Å². The lowest BCUT2D eigenvalue weighted by Crippen LogP contribution is -2.56. The molecule has 1 rings (SSSR count).